The fraction of sp³-hybridized carbons (Fsp3) is 0.143. The van der Waals surface area contributed by atoms with Crippen LogP contribution in [0.3, 0.4) is 0 Å². The van der Waals surface area contributed by atoms with Gasteiger partial charge in [-0.05, 0) is 36.4 Å². The maximum absolute atomic E-state index is 11.3. The second-order valence-corrected chi connectivity index (χ2v) is 4.66. The molecule has 0 saturated heterocycles. The zero-order chi connectivity index (χ0) is 14.5. The topological polar surface area (TPSA) is 48.4 Å². The Hall–Kier alpha value is -1.78. The van der Waals surface area contributed by atoms with Crippen molar-refractivity contribution in [2.45, 2.75) is 6.61 Å². The fourth-order valence-electron chi connectivity index (χ4n) is 1.52. The summed E-state index contributed by atoms with van der Waals surface area (Å²) in [5, 5.41) is 0.842. The molecule has 0 amide bonds. The van der Waals surface area contributed by atoms with E-state index in [1.807, 2.05) is 0 Å². The lowest BCUT2D eigenvalue weighted by Gasteiger charge is -2.08. The molecule has 1 heterocycles. The SMILES string of the molecule is COC(=O)c1ccc(OCc2nc(Cl)ccc2Cl)cc1. The van der Waals surface area contributed by atoms with Gasteiger partial charge in [-0.1, -0.05) is 23.2 Å². The van der Waals surface area contributed by atoms with Crippen LogP contribution >= 0.6 is 23.2 Å². The number of carbonyl (C=O) groups excluding carboxylic acids is 1. The lowest BCUT2D eigenvalue weighted by molar-refractivity contribution is 0.0600. The Balaban J connectivity index is 2.04. The van der Waals surface area contributed by atoms with E-state index >= 15 is 0 Å². The van der Waals surface area contributed by atoms with E-state index in [1.165, 1.54) is 7.11 Å². The zero-order valence-corrected chi connectivity index (χ0v) is 12.1. The third kappa shape index (κ3) is 3.62. The molecule has 0 N–H and O–H groups in total. The highest BCUT2D eigenvalue weighted by Crippen LogP contribution is 2.20. The molecule has 4 nitrogen and oxygen atoms in total. The number of ether oxygens (including phenoxy) is 2. The van der Waals surface area contributed by atoms with Crippen LogP contribution in [0.2, 0.25) is 10.2 Å². The number of carbonyl (C=O) groups is 1. The van der Waals surface area contributed by atoms with Gasteiger partial charge in [-0.3, -0.25) is 0 Å². The molecule has 0 fully saturated rings. The van der Waals surface area contributed by atoms with E-state index in [1.54, 1.807) is 36.4 Å². The third-order valence-electron chi connectivity index (χ3n) is 2.54. The van der Waals surface area contributed by atoms with Crippen molar-refractivity contribution in [2.24, 2.45) is 0 Å². The molecule has 6 heteroatoms. The highest BCUT2D eigenvalue weighted by Gasteiger charge is 2.07. The van der Waals surface area contributed by atoms with Gasteiger partial charge in [-0.2, -0.15) is 0 Å². The van der Waals surface area contributed by atoms with Crippen LogP contribution in [0.4, 0.5) is 0 Å². The van der Waals surface area contributed by atoms with Gasteiger partial charge in [0.05, 0.1) is 23.4 Å². The number of hydrogen-bond donors (Lipinski definition) is 0. The van der Waals surface area contributed by atoms with Gasteiger partial charge in [0, 0.05) is 0 Å². The van der Waals surface area contributed by atoms with Gasteiger partial charge in [0.1, 0.15) is 17.5 Å². The Morgan fingerprint density at radius 3 is 2.50 bits per heavy atom. The minimum Gasteiger partial charge on any atom is -0.487 e. The molecule has 104 valence electrons. The standard InChI is InChI=1S/C14H11Cl2NO3/c1-19-14(18)9-2-4-10(5-3-9)20-8-12-11(15)6-7-13(16)17-12/h2-7H,8H2,1H3. The molecule has 0 radical (unpaired) electrons. The van der Waals surface area contributed by atoms with Crippen LogP contribution in [0, 0.1) is 0 Å². The fourth-order valence-corrected chi connectivity index (χ4v) is 1.84. The summed E-state index contributed by atoms with van der Waals surface area (Å²) in [5.41, 5.74) is 1.01. The number of methoxy groups -OCH3 is 1. The summed E-state index contributed by atoms with van der Waals surface area (Å²) in [6, 6.07) is 9.85. The first-order valence-corrected chi connectivity index (χ1v) is 6.48. The van der Waals surface area contributed by atoms with E-state index in [-0.39, 0.29) is 6.61 Å². The molecule has 0 saturated carbocycles. The van der Waals surface area contributed by atoms with Crippen molar-refractivity contribution in [3.05, 3.63) is 57.8 Å². The predicted molar refractivity (Wildman–Crippen MR) is 76.4 cm³/mol. The number of pyridine rings is 1. The Morgan fingerprint density at radius 2 is 1.85 bits per heavy atom. The number of benzene rings is 1. The van der Waals surface area contributed by atoms with Gasteiger partial charge in [0.25, 0.3) is 0 Å². The molecule has 0 unspecified atom stereocenters. The smallest absolute Gasteiger partial charge is 0.337 e. The number of aromatic nitrogens is 1. The first-order chi connectivity index (χ1) is 9.60. The number of hydrogen-bond acceptors (Lipinski definition) is 4. The molecule has 1 aromatic carbocycles. The van der Waals surface area contributed by atoms with E-state index in [2.05, 4.69) is 9.72 Å². The van der Waals surface area contributed by atoms with E-state index in [4.69, 9.17) is 27.9 Å². The molecule has 0 spiro atoms. The molecular formula is C14H11Cl2NO3. The first-order valence-electron chi connectivity index (χ1n) is 5.72. The summed E-state index contributed by atoms with van der Waals surface area (Å²) >= 11 is 11.8. The van der Waals surface area contributed by atoms with Crippen LogP contribution in [0.5, 0.6) is 5.75 Å². The molecule has 20 heavy (non-hydrogen) atoms. The van der Waals surface area contributed by atoms with Crippen LogP contribution in [-0.4, -0.2) is 18.1 Å². The summed E-state index contributed by atoms with van der Waals surface area (Å²) in [7, 11) is 1.33. The molecular weight excluding hydrogens is 301 g/mol. The minimum absolute atomic E-state index is 0.191. The third-order valence-corrected chi connectivity index (χ3v) is 3.09. The summed E-state index contributed by atoms with van der Waals surface area (Å²) in [6.07, 6.45) is 0. The largest absolute Gasteiger partial charge is 0.487 e. The normalized spacial score (nSPS) is 10.2. The van der Waals surface area contributed by atoms with Crippen molar-refractivity contribution in [3.8, 4) is 5.75 Å². The quantitative estimate of drug-likeness (QED) is 0.637. The number of esters is 1. The van der Waals surface area contributed by atoms with Gasteiger partial charge in [-0.25, -0.2) is 9.78 Å². The van der Waals surface area contributed by atoms with Crippen molar-refractivity contribution in [1.29, 1.82) is 0 Å². The number of nitrogens with zero attached hydrogens (tertiary/aromatic N) is 1. The summed E-state index contributed by atoms with van der Waals surface area (Å²) in [4.78, 5) is 15.4. The molecule has 0 aliphatic carbocycles. The lowest BCUT2D eigenvalue weighted by atomic mass is 10.2. The molecule has 2 rings (SSSR count). The zero-order valence-electron chi connectivity index (χ0n) is 10.6. The maximum Gasteiger partial charge on any atom is 0.337 e. The highest BCUT2D eigenvalue weighted by atomic mass is 35.5. The number of halogens is 2. The molecule has 0 aliphatic heterocycles. The first kappa shape index (κ1) is 14.6. The van der Waals surface area contributed by atoms with E-state index in [0.29, 0.717) is 27.2 Å². The molecule has 0 bridgehead atoms. The highest BCUT2D eigenvalue weighted by molar-refractivity contribution is 6.32. The lowest BCUT2D eigenvalue weighted by Crippen LogP contribution is -2.02. The van der Waals surface area contributed by atoms with Crippen molar-refractivity contribution < 1.29 is 14.3 Å². The summed E-state index contributed by atoms with van der Waals surface area (Å²) < 4.78 is 10.2. The van der Waals surface area contributed by atoms with Crippen molar-refractivity contribution in [2.75, 3.05) is 7.11 Å². The van der Waals surface area contributed by atoms with Gasteiger partial charge in [-0.15, -0.1) is 0 Å². The van der Waals surface area contributed by atoms with Crippen molar-refractivity contribution in [3.63, 3.8) is 0 Å². The van der Waals surface area contributed by atoms with Gasteiger partial charge >= 0.3 is 5.97 Å². The van der Waals surface area contributed by atoms with E-state index in [9.17, 15) is 4.79 Å². The average molecular weight is 312 g/mol. The second-order valence-electron chi connectivity index (χ2n) is 3.87. The Morgan fingerprint density at radius 1 is 1.15 bits per heavy atom. The molecule has 2 aromatic rings. The Labute approximate surface area is 126 Å². The molecule has 0 aliphatic rings. The van der Waals surface area contributed by atoms with Crippen LogP contribution in [0.25, 0.3) is 0 Å². The van der Waals surface area contributed by atoms with Crippen LogP contribution in [0.15, 0.2) is 36.4 Å². The maximum atomic E-state index is 11.3. The van der Waals surface area contributed by atoms with Crippen LogP contribution < -0.4 is 4.74 Å². The Kier molecular flexibility index (Phi) is 4.82. The second kappa shape index (κ2) is 6.59. The van der Waals surface area contributed by atoms with Crippen molar-refractivity contribution in [1.82, 2.24) is 4.98 Å². The van der Waals surface area contributed by atoms with Gasteiger partial charge in [0.15, 0.2) is 0 Å². The molecule has 0 atom stereocenters. The summed E-state index contributed by atoms with van der Waals surface area (Å²) in [5.74, 6) is 0.201. The minimum atomic E-state index is -0.392. The van der Waals surface area contributed by atoms with Gasteiger partial charge in [0.2, 0.25) is 0 Å². The van der Waals surface area contributed by atoms with Gasteiger partial charge < -0.3 is 9.47 Å². The number of rotatable bonds is 4. The monoisotopic (exact) mass is 311 g/mol. The molecule has 1 aromatic heterocycles. The summed E-state index contributed by atoms with van der Waals surface area (Å²) in [6.45, 7) is 0.191. The van der Waals surface area contributed by atoms with Crippen LogP contribution in [0.1, 0.15) is 16.1 Å². The van der Waals surface area contributed by atoms with E-state index in [0.717, 1.165) is 0 Å². The van der Waals surface area contributed by atoms with Crippen molar-refractivity contribution >= 4 is 29.2 Å². The van der Waals surface area contributed by atoms with Crippen LogP contribution in [-0.2, 0) is 11.3 Å². The average Bonchev–Trinajstić information content (AvgIpc) is 2.48. The van der Waals surface area contributed by atoms with E-state index < -0.39 is 5.97 Å². The Bertz CT molecular complexity index is 614. The predicted octanol–water partition coefficient (Wildman–Crippen LogP) is 3.75.